The van der Waals surface area contributed by atoms with E-state index in [4.69, 9.17) is 0 Å². The molecule has 0 aromatic heterocycles. The molecule has 108 valence electrons. The lowest BCUT2D eigenvalue weighted by molar-refractivity contribution is -0.134. The molecule has 1 N–H and O–H groups in total. The summed E-state index contributed by atoms with van der Waals surface area (Å²) in [6.45, 7) is -0.573. The van der Waals surface area contributed by atoms with Crippen molar-refractivity contribution < 1.29 is 18.0 Å². The maximum Gasteiger partial charge on any atom is 0.282 e. The van der Waals surface area contributed by atoms with Gasteiger partial charge in [-0.15, -0.1) is 0 Å². The van der Waals surface area contributed by atoms with Crippen LogP contribution in [0.4, 0.5) is 0 Å². The van der Waals surface area contributed by atoms with Crippen molar-refractivity contribution in [3.05, 3.63) is 0 Å². The predicted octanol–water partition coefficient (Wildman–Crippen LogP) is -0.546. The normalized spacial score (nSPS) is 23.7. The van der Waals surface area contributed by atoms with Gasteiger partial charge in [0.05, 0.1) is 13.1 Å². The SMILES string of the molecule is CN(C1CCCCC1)S(=O)(=O)N1CC(=O)NC(=O)C1. The van der Waals surface area contributed by atoms with E-state index in [0.717, 1.165) is 36.4 Å². The van der Waals surface area contributed by atoms with Crippen LogP contribution in [-0.4, -0.2) is 55.0 Å². The van der Waals surface area contributed by atoms with Gasteiger partial charge >= 0.3 is 0 Å². The van der Waals surface area contributed by atoms with E-state index in [2.05, 4.69) is 5.32 Å². The molecule has 0 radical (unpaired) electrons. The van der Waals surface area contributed by atoms with Gasteiger partial charge in [0.25, 0.3) is 10.2 Å². The molecule has 19 heavy (non-hydrogen) atoms. The smallest absolute Gasteiger partial charge is 0.282 e. The van der Waals surface area contributed by atoms with Crippen LogP contribution in [0, 0.1) is 0 Å². The Hall–Kier alpha value is -0.990. The third-order valence-electron chi connectivity index (χ3n) is 3.70. The van der Waals surface area contributed by atoms with E-state index < -0.39 is 22.0 Å². The summed E-state index contributed by atoms with van der Waals surface area (Å²) in [5.41, 5.74) is 0. The molecule has 1 aliphatic carbocycles. The quantitative estimate of drug-likeness (QED) is 0.707. The van der Waals surface area contributed by atoms with Crippen LogP contribution in [0.25, 0.3) is 0 Å². The number of nitrogens with one attached hydrogen (secondary N) is 1. The lowest BCUT2D eigenvalue weighted by Crippen LogP contribution is -2.57. The van der Waals surface area contributed by atoms with Gasteiger partial charge in [-0.1, -0.05) is 19.3 Å². The van der Waals surface area contributed by atoms with Crippen LogP contribution in [0.2, 0.25) is 0 Å². The van der Waals surface area contributed by atoms with Crippen molar-refractivity contribution in [2.24, 2.45) is 0 Å². The second kappa shape index (κ2) is 5.56. The number of imide groups is 1. The van der Waals surface area contributed by atoms with Crippen LogP contribution in [0.3, 0.4) is 0 Å². The molecule has 8 heteroatoms. The van der Waals surface area contributed by atoms with E-state index in [1.807, 2.05) is 0 Å². The first-order valence-corrected chi connectivity index (χ1v) is 7.87. The number of hydrogen-bond donors (Lipinski definition) is 1. The largest absolute Gasteiger partial charge is 0.294 e. The third-order valence-corrected chi connectivity index (χ3v) is 5.63. The van der Waals surface area contributed by atoms with Gasteiger partial charge in [0.2, 0.25) is 11.8 Å². The van der Waals surface area contributed by atoms with Crippen molar-refractivity contribution in [3.63, 3.8) is 0 Å². The minimum atomic E-state index is -3.74. The zero-order chi connectivity index (χ0) is 14.0. The Morgan fingerprint density at radius 1 is 1.11 bits per heavy atom. The summed E-state index contributed by atoms with van der Waals surface area (Å²) in [6, 6.07) is -0.0289. The first-order chi connectivity index (χ1) is 8.91. The van der Waals surface area contributed by atoms with Crippen LogP contribution in [0.15, 0.2) is 0 Å². The van der Waals surface area contributed by atoms with E-state index >= 15 is 0 Å². The average Bonchev–Trinajstić information content (AvgIpc) is 2.37. The van der Waals surface area contributed by atoms with Crippen molar-refractivity contribution in [2.45, 2.75) is 38.1 Å². The number of amides is 2. The van der Waals surface area contributed by atoms with Crippen LogP contribution in [0.1, 0.15) is 32.1 Å². The number of carbonyl (C=O) groups excluding carboxylic acids is 2. The van der Waals surface area contributed by atoms with E-state index in [1.165, 1.54) is 11.4 Å². The first-order valence-electron chi connectivity index (χ1n) is 6.47. The average molecular weight is 289 g/mol. The topological polar surface area (TPSA) is 86.8 Å². The van der Waals surface area contributed by atoms with Gasteiger partial charge in [0.15, 0.2) is 0 Å². The lowest BCUT2D eigenvalue weighted by Gasteiger charge is -2.35. The summed E-state index contributed by atoms with van der Waals surface area (Å²) in [7, 11) is -2.21. The Labute approximate surface area is 113 Å². The Bertz CT molecular complexity index is 454. The van der Waals surface area contributed by atoms with Gasteiger partial charge in [0.1, 0.15) is 0 Å². The van der Waals surface area contributed by atoms with E-state index in [-0.39, 0.29) is 19.1 Å². The van der Waals surface area contributed by atoms with E-state index in [9.17, 15) is 18.0 Å². The molecule has 0 bridgehead atoms. The van der Waals surface area contributed by atoms with Crippen LogP contribution in [-0.2, 0) is 19.8 Å². The summed E-state index contributed by atoms with van der Waals surface area (Å²) in [5, 5.41) is 2.10. The summed E-state index contributed by atoms with van der Waals surface area (Å²) in [4.78, 5) is 22.5. The zero-order valence-electron chi connectivity index (χ0n) is 11.0. The van der Waals surface area contributed by atoms with Crippen molar-refractivity contribution in [3.8, 4) is 0 Å². The highest BCUT2D eigenvalue weighted by Crippen LogP contribution is 2.24. The third kappa shape index (κ3) is 3.13. The number of nitrogens with zero attached hydrogens (tertiary/aromatic N) is 2. The highest BCUT2D eigenvalue weighted by molar-refractivity contribution is 7.86. The minimum absolute atomic E-state index is 0.0289. The Kier molecular flexibility index (Phi) is 4.22. The lowest BCUT2D eigenvalue weighted by atomic mass is 9.96. The number of piperazine rings is 1. The van der Waals surface area contributed by atoms with Crippen molar-refractivity contribution in [1.29, 1.82) is 0 Å². The van der Waals surface area contributed by atoms with Gasteiger partial charge in [0, 0.05) is 13.1 Å². The Balaban J connectivity index is 2.11. The first kappa shape index (κ1) is 14.4. The van der Waals surface area contributed by atoms with Crippen molar-refractivity contribution in [2.75, 3.05) is 20.1 Å². The zero-order valence-corrected chi connectivity index (χ0v) is 11.8. The van der Waals surface area contributed by atoms with E-state index in [1.54, 1.807) is 0 Å². The molecule has 2 aliphatic rings. The molecule has 2 fully saturated rings. The van der Waals surface area contributed by atoms with E-state index in [0.29, 0.717) is 0 Å². The number of hydrogen-bond acceptors (Lipinski definition) is 4. The molecule has 1 aliphatic heterocycles. The molecule has 1 saturated heterocycles. The standard InChI is InChI=1S/C11H19N3O4S/c1-13(9-5-3-2-4-6-9)19(17,18)14-7-10(15)12-11(16)8-14/h9H,2-8H2,1H3,(H,12,15,16). The van der Waals surface area contributed by atoms with Crippen LogP contribution >= 0.6 is 0 Å². The van der Waals surface area contributed by atoms with Gasteiger partial charge in [-0.2, -0.15) is 17.0 Å². The van der Waals surface area contributed by atoms with Crippen LogP contribution in [0.5, 0.6) is 0 Å². The fraction of sp³-hybridized carbons (Fsp3) is 0.818. The monoisotopic (exact) mass is 289 g/mol. The summed E-state index contributed by atoms with van der Waals surface area (Å²) < 4.78 is 27.1. The predicted molar refractivity (Wildman–Crippen MR) is 68.3 cm³/mol. The molecular formula is C11H19N3O4S. The molecule has 2 amide bonds. The maximum absolute atomic E-state index is 12.4. The molecule has 1 saturated carbocycles. The molecule has 7 nitrogen and oxygen atoms in total. The number of carbonyl (C=O) groups is 2. The maximum atomic E-state index is 12.4. The molecule has 1 heterocycles. The molecule has 2 rings (SSSR count). The Morgan fingerprint density at radius 2 is 1.63 bits per heavy atom. The highest BCUT2D eigenvalue weighted by atomic mass is 32.2. The second-order valence-electron chi connectivity index (χ2n) is 5.06. The van der Waals surface area contributed by atoms with Gasteiger partial charge in [-0.25, -0.2) is 0 Å². The molecule has 0 spiro atoms. The number of rotatable bonds is 3. The second-order valence-corrected chi connectivity index (χ2v) is 7.04. The minimum Gasteiger partial charge on any atom is -0.294 e. The summed E-state index contributed by atoms with van der Waals surface area (Å²) >= 11 is 0. The van der Waals surface area contributed by atoms with Crippen LogP contribution < -0.4 is 5.32 Å². The molecule has 0 aromatic carbocycles. The Morgan fingerprint density at radius 3 is 2.16 bits per heavy atom. The fourth-order valence-corrected chi connectivity index (χ4v) is 4.10. The molecule has 0 atom stereocenters. The molecule has 0 aromatic rings. The summed E-state index contributed by atoms with van der Waals surface area (Å²) in [5.74, 6) is -1.14. The van der Waals surface area contributed by atoms with Gasteiger partial charge in [-0.05, 0) is 12.8 Å². The highest BCUT2D eigenvalue weighted by Gasteiger charge is 2.37. The van der Waals surface area contributed by atoms with Crippen molar-refractivity contribution in [1.82, 2.24) is 13.9 Å². The fourth-order valence-electron chi connectivity index (χ4n) is 2.59. The van der Waals surface area contributed by atoms with Crippen molar-refractivity contribution >= 4 is 22.0 Å². The van der Waals surface area contributed by atoms with Gasteiger partial charge in [-0.3, -0.25) is 14.9 Å². The molecule has 0 unspecified atom stereocenters. The van der Waals surface area contributed by atoms with Gasteiger partial charge < -0.3 is 0 Å². The summed E-state index contributed by atoms with van der Waals surface area (Å²) in [6.07, 6.45) is 4.84. The molecular weight excluding hydrogens is 270 g/mol.